The summed E-state index contributed by atoms with van der Waals surface area (Å²) >= 11 is 1.72. The molecule has 2 N–H and O–H groups in total. The van der Waals surface area contributed by atoms with E-state index in [9.17, 15) is 9.59 Å². The van der Waals surface area contributed by atoms with E-state index in [0.29, 0.717) is 18.4 Å². The molecule has 5 nitrogen and oxygen atoms in total. The van der Waals surface area contributed by atoms with E-state index in [1.54, 1.807) is 11.8 Å². The van der Waals surface area contributed by atoms with E-state index in [0.717, 1.165) is 37.9 Å². The summed E-state index contributed by atoms with van der Waals surface area (Å²) in [5.74, 6) is 1.94. The van der Waals surface area contributed by atoms with E-state index >= 15 is 0 Å². The molecule has 6 heteroatoms. The average molecular weight is 326 g/mol. The maximum Gasteiger partial charge on any atom is 0.315 e. The zero-order chi connectivity index (χ0) is 15.8. The lowest BCUT2D eigenvalue weighted by molar-refractivity contribution is -0.171. The second-order valence-corrected chi connectivity index (χ2v) is 8.37. The fourth-order valence-electron chi connectivity index (χ4n) is 5.42. The molecule has 2 atom stereocenters. The molecule has 4 bridgehead atoms. The Balaban J connectivity index is 1.71. The van der Waals surface area contributed by atoms with Crippen molar-refractivity contribution in [2.45, 2.75) is 44.1 Å². The molecule has 0 spiro atoms. The Morgan fingerprint density at radius 3 is 2.50 bits per heavy atom. The predicted octanol–water partition coefficient (Wildman–Crippen LogP) is 2.16. The topological polar surface area (TPSA) is 67.4 Å². The first-order valence-corrected chi connectivity index (χ1v) is 9.54. The van der Waals surface area contributed by atoms with Crippen LogP contribution in [0.1, 0.15) is 38.5 Å². The summed E-state index contributed by atoms with van der Waals surface area (Å²) in [6, 6.07) is -0.0870. The van der Waals surface area contributed by atoms with Gasteiger partial charge in [0.15, 0.2) is 0 Å². The molecular weight excluding hydrogens is 300 g/mol. The standard InChI is InChI=1S/C16H26N2O3S/c1-21-13(19)15-6-11-5-12(7-15)9-16(8-11,10-15)18-14(20)17-3-4-22-2/h11-12H,3-10H2,1-2H3,(H2,17,18,20). The minimum Gasteiger partial charge on any atom is -0.469 e. The molecule has 0 aliphatic heterocycles. The zero-order valence-corrected chi connectivity index (χ0v) is 14.3. The lowest BCUT2D eigenvalue weighted by atomic mass is 9.47. The third kappa shape index (κ3) is 2.82. The molecule has 2 unspecified atom stereocenters. The number of carbonyl (C=O) groups is 2. The van der Waals surface area contributed by atoms with Gasteiger partial charge in [-0.3, -0.25) is 4.79 Å². The van der Waals surface area contributed by atoms with Gasteiger partial charge in [-0.25, -0.2) is 4.79 Å². The van der Waals surface area contributed by atoms with Crippen LogP contribution in [-0.4, -0.2) is 43.2 Å². The van der Waals surface area contributed by atoms with Gasteiger partial charge in [-0.2, -0.15) is 11.8 Å². The first-order chi connectivity index (χ1) is 10.5. The number of amides is 2. The SMILES string of the molecule is COC(=O)C12CC3CC(CC(NC(=O)NCCSC)(C3)C1)C2. The molecule has 0 saturated heterocycles. The summed E-state index contributed by atoms with van der Waals surface area (Å²) in [4.78, 5) is 24.5. The first-order valence-electron chi connectivity index (χ1n) is 8.14. The summed E-state index contributed by atoms with van der Waals surface area (Å²) in [7, 11) is 1.48. The Bertz CT molecular complexity index is 454. The van der Waals surface area contributed by atoms with Crippen molar-refractivity contribution in [2.75, 3.05) is 25.7 Å². The smallest absolute Gasteiger partial charge is 0.315 e. The summed E-state index contributed by atoms with van der Waals surface area (Å²) < 4.78 is 5.09. The molecule has 124 valence electrons. The average Bonchev–Trinajstić information content (AvgIpc) is 2.44. The molecular formula is C16H26N2O3S. The molecule has 0 heterocycles. The second kappa shape index (κ2) is 5.95. The molecule has 2 amide bonds. The largest absolute Gasteiger partial charge is 0.469 e. The predicted molar refractivity (Wildman–Crippen MR) is 86.8 cm³/mol. The van der Waals surface area contributed by atoms with Crippen LogP contribution in [-0.2, 0) is 9.53 Å². The number of carbonyl (C=O) groups excluding carboxylic acids is 2. The molecule has 0 radical (unpaired) electrons. The van der Waals surface area contributed by atoms with E-state index in [4.69, 9.17) is 4.74 Å². The van der Waals surface area contributed by atoms with E-state index in [2.05, 4.69) is 10.6 Å². The second-order valence-electron chi connectivity index (χ2n) is 7.39. The third-order valence-electron chi connectivity index (χ3n) is 5.65. The minimum atomic E-state index is -0.356. The van der Waals surface area contributed by atoms with Crippen molar-refractivity contribution in [3.8, 4) is 0 Å². The number of ether oxygens (including phenoxy) is 1. The van der Waals surface area contributed by atoms with Crippen LogP contribution >= 0.6 is 11.8 Å². The monoisotopic (exact) mass is 326 g/mol. The van der Waals surface area contributed by atoms with Gasteiger partial charge in [-0.1, -0.05) is 0 Å². The number of urea groups is 1. The highest BCUT2D eigenvalue weighted by atomic mass is 32.2. The summed E-state index contributed by atoms with van der Waals surface area (Å²) in [6.07, 6.45) is 7.88. The van der Waals surface area contributed by atoms with Crippen molar-refractivity contribution in [2.24, 2.45) is 17.3 Å². The van der Waals surface area contributed by atoms with Gasteiger partial charge in [0.05, 0.1) is 12.5 Å². The molecule has 4 fully saturated rings. The molecule has 4 aliphatic carbocycles. The third-order valence-corrected chi connectivity index (χ3v) is 6.26. The van der Waals surface area contributed by atoms with E-state index < -0.39 is 0 Å². The fraction of sp³-hybridized carbons (Fsp3) is 0.875. The van der Waals surface area contributed by atoms with Crippen molar-refractivity contribution >= 4 is 23.8 Å². The lowest BCUT2D eigenvalue weighted by Crippen LogP contribution is -2.66. The lowest BCUT2D eigenvalue weighted by Gasteiger charge is -2.60. The normalized spacial score (nSPS) is 38.6. The van der Waals surface area contributed by atoms with Gasteiger partial charge in [0, 0.05) is 17.8 Å². The Morgan fingerprint density at radius 2 is 1.91 bits per heavy atom. The van der Waals surface area contributed by atoms with Crippen LogP contribution in [0.4, 0.5) is 4.79 Å². The maximum absolute atomic E-state index is 12.4. The first kappa shape index (κ1) is 16.0. The van der Waals surface area contributed by atoms with Gasteiger partial charge in [0.2, 0.25) is 0 Å². The van der Waals surface area contributed by atoms with Crippen LogP contribution in [0.25, 0.3) is 0 Å². The maximum atomic E-state index is 12.4. The van der Waals surface area contributed by atoms with E-state index in [-0.39, 0.29) is 23.0 Å². The molecule has 0 aromatic rings. The Labute approximate surface area is 136 Å². The van der Waals surface area contributed by atoms with Crippen molar-refractivity contribution in [1.82, 2.24) is 10.6 Å². The minimum absolute atomic E-state index is 0.0735. The van der Waals surface area contributed by atoms with Gasteiger partial charge in [0.1, 0.15) is 0 Å². The van der Waals surface area contributed by atoms with E-state index in [1.807, 2.05) is 6.26 Å². The summed E-state index contributed by atoms with van der Waals surface area (Å²) in [5.41, 5.74) is -0.562. The Hall–Kier alpha value is -0.910. The fourth-order valence-corrected chi connectivity index (χ4v) is 5.72. The number of thioether (sulfide) groups is 1. The Morgan fingerprint density at radius 1 is 1.23 bits per heavy atom. The number of hydrogen-bond acceptors (Lipinski definition) is 4. The number of hydrogen-bond donors (Lipinski definition) is 2. The summed E-state index contributed by atoms with van der Waals surface area (Å²) in [6.45, 7) is 0.679. The van der Waals surface area contributed by atoms with Crippen molar-refractivity contribution < 1.29 is 14.3 Å². The van der Waals surface area contributed by atoms with Crippen LogP contribution in [0.15, 0.2) is 0 Å². The quantitative estimate of drug-likeness (QED) is 0.600. The number of methoxy groups -OCH3 is 1. The van der Waals surface area contributed by atoms with Gasteiger partial charge in [-0.15, -0.1) is 0 Å². The molecule has 4 aliphatic rings. The van der Waals surface area contributed by atoms with Gasteiger partial charge < -0.3 is 15.4 Å². The van der Waals surface area contributed by atoms with Crippen LogP contribution in [0.5, 0.6) is 0 Å². The molecule has 4 saturated carbocycles. The van der Waals surface area contributed by atoms with Gasteiger partial charge in [0.25, 0.3) is 0 Å². The van der Waals surface area contributed by atoms with Crippen molar-refractivity contribution in [1.29, 1.82) is 0 Å². The van der Waals surface area contributed by atoms with E-state index in [1.165, 1.54) is 13.5 Å². The van der Waals surface area contributed by atoms with Crippen LogP contribution in [0.3, 0.4) is 0 Å². The van der Waals surface area contributed by atoms with Crippen LogP contribution in [0, 0.1) is 17.3 Å². The molecule has 0 aromatic heterocycles. The van der Waals surface area contributed by atoms with Gasteiger partial charge >= 0.3 is 12.0 Å². The van der Waals surface area contributed by atoms with Crippen molar-refractivity contribution in [3.05, 3.63) is 0 Å². The van der Waals surface area contributed by atoms with Gasteiger partial charge in [-0.05, 0) is 56.6 Å². The Kier molecular flexibility index (Phi) is 4.32. The number of esters is 1. The van der Waals surface area contributed by atoms with Crippen molar-refractivity contribution in [3.63, 3.8) is 0 Å². The molecule has 4 rings (SSSR count). The number of nitrogens with one attached hydrogen (secondary N) is 2. The molecule has 0 aromatic carbocycles. The highest BCUT2D eigenvalue weighted by Gasteiger charge is 2.61. The highest BCUT2D eigenvalue weighted by Crippen LogP contribution is 2.61. The summed E-state index contributed by atoms with van der Waals surface area (Å²) in [5, 5.41) is 6.15. The van der Waals surface area contributed by atoms with Crippen LogP contribution < -0.4 is 10.6 Å². The zero-order valence-electron chi connectivity index (χ0n) is 13.4. The van der Waals surface area contributed by atoms with Crippen LogP contribution in [0.2, 0.25) is 0 Å². The number of rotatable bonds is 5. The highest BCUT2D eigenvalue weighted by molar-refractivity contribution is 7.98. The molecule has 22 heavy (non-hydrogen) atoms.